The van der Waals surface area contributed by atoms with Crippen LogP contribution in [-0.2, 0) is 9.05 Å². The van der Waals surface area contributed by atoms with E-state index >= 15 is 0 Å². The van der Waals surface area contributed by atoms with E-state index in [4.69, 9.17) is 10.7 Å². The molecule has 1 N–H and O–H groups in total. The third-order valence-corrected chi connectivity index (χ3v) is 4.81. The largest absolute Gasteiger partial charge is 0.352 e. The van der Waals surface area contributed by atoms with Crippen molar-refractivity contribution in [1.29, 1.82) is 0 Å². The Kier molecular flexibility index (Phi) is 6.68. The number of hydrogen-bond acceptors (Lipinski definition) is 3. The Hall–Kier alpha value is -1.07. The normalized spacial score (nSPS) is 11.4. The molecule has 6 heteroatoms. The number of nitrogens with one attached hydrogen (secondary N) is 1. The number of benzene rings is 1. The van der Waals surface area contributed by atoms with E-state index in [0.717, 1.165) is 31.2 Å². The quantitative estimate of drug-likeness (QED) is 0.614. The minimum atomic E-state index is -3.85. The summed E-state index contributed by atoms with van der Waals surface area (Å²) < 4.78 is 23.0. The maximum Gasteiger partial charge on any atom is 0.261 e. The Morgan fingerprint density at radius 2 is 1.81 bits per heavy atom. The van der Waals surface area contributed by atoms with E-state index < -0.39 is 9.05 Å². The molecule has 0 aromatic heterocycles. The van der Waals surface area contributed by atoms with Crippen molar-refractivity contribution in [1.82, 2.24) is 5.32 Å². The van der Waals surface area contributed by atoms with E-state index in [-0.39, 0.29) is 10.8 Å². The fourth-order valence-corrected chi connectivity index (χ4v) is 3.39. The third-order valence-electron chi connectivity index (χ3n) is 3.35. The lowest BCUT2D eigenvalue weighted by Crippen LogP contribution is -2.25. The molecular formula is C15H22ClNO3S. The monoisotopic (exact) mass is 331 g/mol. The first kappa shape index (κ1) is 18.0. The van der Waals surface area contributed by atoms with Crippen LogP contribution in [0.15, 0.2) is 17.0 Å². The molecule has 0 bridgehead atoms. The standard InChI is InChI=1S/C15H22ClNO3S/c1-4-5-6-7-8-17-15(18)13-10-14(21(16,19)20)12(3)9-11(13)2/h9-10H,4-8H2,1-3H3,(H,17,18). The van der Waals surface area contributed by atoms with Crippen molar-refractivity contribution in [3.63, 3.8) is 0 Å². The van der Waals surface area contributed by atoms with Gasteiger partial charge in [0, 0.05) is 22.8 Å². The molecule has 0 aliphatic heterocycles. The molecule has 118 valence electrons. The van der Waals surface area contributed by atoms with Gasteiger partial charge in [-0.15, -0.1) is 0 Å². The summed E-state index contributed by atoms with van der Waals surface area (Å²) in [5.41, 5.74) is 1.64. The lowest BCUT2D eigenvalue weighted by molar-refractivity contribution is 0.0952. The fourth-order valence-electron chi connectivity index (χ4n) is 2.19. The topological polar surface area (TPSA) is 63.2 Å². The second-order valence-corrected chi connectivity index (χ2v) is 7.72. The highest BCUT2D eigenvalue weighted by Gasteiger charge is 2.18. The van der Waals surface area contributed by atoms with Crippen molar-refractivity contribution >= 4 is 25.6 Å². The molecule has 0 saturated heterocycles. The summed E-state index contributed by atoms with van der Waals surface area (Å²) in [5, 5.41) is 2.82. The molecule has 0 heterocycles. The van der Waals surface area contributed by atoms with E-state index in [1.807, 2.05) is 0 Å². The van der Waals surface area contributed by atoms with Crippen molar-refractivity contribution in [2.45, 2.75) is 51.3 Å². The maximum atomic E-state index is 12.1. The summed E-state index contributed by atoms with van der Waals surface area (Å²) in [4.78, 5) is 12.1. The number of unbranched alkanes of at least 4 members (excludes halogenated alkanes) is 3. The first-order chi connectivity index (χ1) is 9.77. The number of rotatable bonds is 7. The average molecular weight is 332 g/mol. The molecule has 0 fully saturated rings. The highest BCUT2D eigenvalue weighted by molar-refractivity contribution is 8.13. The number of aryl methyl sites for hydroxylation is 2. The van der Waals surface area contributed by atoms with Crippen molar-refractivity contribution in [2.24, 2.45) is 0 Å². The predicted octanol–water partition coefficient (Wildman–Crippen LogP) is 3.54. The van der Waals surface area contributed by atoms with Gasteiger partial charge >= 0.3 is 0 Å². The number of carbonyl (C=O) groups is 1. The molecule has 0 unspecified atom stereocenters. The van der Waals surface area contributed by atoms with Gasteiger partial charge in [0.15, 0.2) is 0 Å². The van der Waals surface area contributed by atoms with Crippen LogP contribution in [0.25, 0.3) is 0 Å². The van der Waals surface area contributed by atoms with Gasteiger partial charge in [0.05, 0.1) is 4.90 Å². The van der Waals surface area contributed by atoms with Crippen LogP contribution in [-0.4, -0.2) is 20.9 Å². The lowest BCUT2D eigenvalue weighted by atomic mass is 10.0. The van der Waals surface area contributed by atoms with Crippen molar-refractivity contribution in [3.8, 4) is 0 Å². The van der Waals surface area contributed by atoms with E-state index in [1.54, 1.807) is 19.9 Å². The summed E-state index contributed by atoms with van der Waals surface area (Å²) in [7, 11) is 1.55. The summed E-state index contributed by atoms with van der Waals surface area (Å²) in [6.45, 7) is 6.16. The first-order valence-electron chi connectivity index (χ1n) is 7.11. The van der Waals surface area contributed by atoms with E-state index in [0.29, 0.717) is 17.7 Å². The van der Waals surface area contributed by atoms with Crippen molar-refractivity contribution < 1.29 is 13.2 Å². The van der Waals surface area contributed by atoms with Gasteiger partial charge in [-0.05, 0) is 37.5 Å². The molecule has 0 spiro atoms. The third kappa shape index (κ3) is 5.32. The molecule has 4 nitrogen and oxygen atoms in total. The SMILES string of the molecule is CCCCCCNC(=O)c1cc(S(=O)(=O)Cl)c(C)cc1C. The highest BCUT2D eigenvalue weighted by Crippen LogP contribution is 2.23. The Bertz CT molecular complexity index is 612. The van der Waals surface area contributed by atoms with Crippen LogP contribution in [0.5, 0.6) is 0 Å². The zero-order chi connectivity index (χ0) is 16.0. The second kappa shape index (κ2) is 7.80. The van der Waals surface area contributed by atoms with Gasteiger partial charge in [-0.1, -0.05) is 32.3 Å². The molecule has 1 aromatic rings. The van der Waals surface area contributed by atoms with Crippen LogP contribution in [0.1, 0.15) is 54.1 Å². The molecule has 0 aliphatic rings. The number of carbonyl (C=O) groups excluding carboxylic acids is 1. The summed E-state index contributed by atoms with van der Waals surface area (Å²) in [6.07, 6.45) is 4.28. The molecule has 1 amide bonds. The average Bonchev–Trinajstić information content (AvgIpc) is 2.36. The minimum absolute atomic E-state index is 0.00843. The maximum absolute atomic E-state index is 12.1. The second-order valence-electron chi connectivity index (χ2n) is 5.19. The van der Waals surface area contributed by atoms with E-state index in [2.05, 4.69) is 12.2 Å². The van der Waals surface area contributed by atoms with Crippen LogP contribution < -0.4 is 5.32 Å². The van der Waals surface area contributed by atoms with Crippen molar-refractivity contribution in [2.75, 3.05) is 6.54 Å². The summed E-state index contributed by atoms with van der Waals surface area (Å²) in [6, 6.07) is 3.02. The molecule has 21 heavy (non-hydrogen) atoms. The van der Waals surface area contributed by atoms with Gasteiger partial charge in [-0.25, -0.2) is 8.42 Å². The van der Waals surface area contributed by atoms with Crippen LogP contribution >= 0.6 is 10.7 Å². The Morgan fingerprint density at radius 1 is 1.14 bits per heavy atom. The predicted molar refractivity (Wildman–Crippen MR) is 85.4 cm³/mol. The summed E-state index contributed by atoms with van der Waals surface area (Å²) >= 11 is 0. The molecule has 0 saturated carbocycles. The Labute approximate surface area is 131 Å². The Balaban J connectivity index is 2.85. The number of halogens is 1. The van der Waals surface area contributed by atoms with Gasteiger partial charge in [-0.3, -0.25) is 4.79 Å². The zero-order valence-electron chi connectivity index (χ0n) is 12.7. The van der Waals surface area contributed by atoms with Crippen LogP contribution in [0.2, 0.25) is 0 Å². The van der Waals surface area contributed by atoms with E-state index in [9.17, 15) is 13.2 Å². The minimum Gasteiger partial charge on any atom is -0.352 e. The van der Waals surface area contributed by atoms with Crippen LogP contribution in [0, 0.1) is 13.8 Å². The molecule has 1 rings (SSSR count). The van der Waals surface area contributed by atoms with Gasteiger partial charge in [-0.2, -0.15) is 0 Å². The zero-order valence-corrected chi connectivity index (χ0v) is 14.3. The lowest BCUT2D eigenvalue weighted by Gasteiger charge is -2.11. The number of hydrogen-bond donors (Lipinski definition) is 1. The molecule has 0 atom stereocenters. The molecular weight excluding hydrogens is 310 g/mol. The highest BCUT2D eigenvalue weighted by atomic mass is 35.7. The van der Waals surface area contributed by atoms with Gasteiger partial charge in [0.25, 0.3) is 15.0 Å². The number of amides is 1. The molecule has 0 aliphatic carbocycles. The van der Waals surface area contributed by atoms with Crippen LogP contribution in [0.4, 0.5) is 0 Å². The smallest absolute Gasteiger partial charge is 0.261 e. The molecule has 1 aromatic carbocycles. The van der Waals surface area contributed by atoms with Gasteiger partial charge in [0.1, 0.15) is 0 Å². The fraction of sp³-hybridized carbons (Fsp3) is 0.533. The van der Waals surface area contributed by atoms with Crippen molar-refractivity contribution in [3.05, 3.63) is 28.8 Å². The summed E-state index contributed by atoms with van der Waals surface area (Å²) in [5.74, 6) is -0.259. The van der Waals surface area contributed by atoms with E-state index in [1.165, 1.54) is 6.07 Å². The van der Waals surface area contributed by atoms with Crippen LogP contribution in [0.3, 0.4) is 0 Å². The van der Waals surface area contributed by atoms with Gasteiger partial charge < -0.3 is 5.32 Å². The molecule has 0 radical (unpaired) electrons. The Morgan fingerprint density at radius 3 is 2.38 bits per heavy atom. The van der Waals surface area contributed by atoms with Gasteiger partial charge in [0.2, 0.25) is 0 Å². The first-order valence-corrected chi connectivity index (χ1v) is 9.42.